The maximum Gasteiger partial charge on any atom is 0.337 e. The van der Waals surface area contributed by atoms with Crippen molar-refractivity contribution < 1.29 is 19.1 Å². The summed E-state index contributed by atoms with van der Waals surface area (Å²) < 4.78 is 13.0. The van der Waals surface area contributed by atoms with Gasteiger partial charge in [0, 0.05) is 6.54 Å². The molecule has 0 atom stereocenters. The van der Waals surface area contributed by atoms with Gasteiger partial charge >= 0.3 is 12.0 Å². The minimum Gasteiger partial charge on any atom is -0.478 e. The largest absolute Gasteiger partial charge is 0.478 e. The van der Waals surface area contributed by atoms with Gasteiger partial charge < -0.3 is 15.7 Å². The fourth-order valence-corrected chi connectivity index (χ4v) is 2.66. The molecule has 1 fully saturated rings. The first-order valence-corrected chi connectivity index (χ1v) is 7.14. The van der Waals surface area contributed by atoms with Crippen LogP contribution >= 0.6 is 0 Å². The molecular formula is C15H19FN2O3. The van der Waals surface area contributed by atoms with Gasteiger partial charge in [-0.1, -0.05) is 25.7 Å². The molecule has 0 radical (unpaired) electrons. The zero-order valence-electron chi connectivity index (χ0n) is 11.7. The van der Waals surface area contributed by atoms with Crippen LogP contribution in [-0.4, -0.2) is 23.7 Å². The Morgan fingerprint density at radius 1 is 1.29 bits per heavy atom. The fraction of sp³-hybridized carbons (Fsp3) is 0.467. The highest BCUT2D eigenvalue weighted by Gasteiger charge is 2.16. The van der Waals surface area contributed by atoms with E-state index in [0.29, 0.717) is 12.5 Å². The third-order valence-electron chi connectivity index (χ3n) is 3.77. The Morgan fingerprint density at radius 2 is 2.00 bits per heavy atom. The summed E-state index contributed by atoms with van der Waals surface area (Å²) in [6.07, 6.45) is 5.88. The Balaban J connectivity index is 1.85. The number of aromatic carboxylic acids is 1. The summed E-state index contributed by atoms with van der Waals surface area (Å²) in [7, 11) is 0. The Bertz CT molecular complexity index is 528. The molecule has 0 aliphatic heterocycles. The molecule has 2 amide bonds. The average Bonchev–Trinajstić information content (AvgIpc) is 2.94. The standard InChI is InChI=1S/C15H19FN2O3/c16-11-5-6-13(12(9-11)14(19)20)18-15(21)17-8-7-10-3-1-2-4-10/h5-6,9-10H,1-4,7-8H2,(H,19,20)(H2,17,18,21). The molecule has 1 saturated carbocycles. The van der Waals surface area contributed by atoms with Crippen molar-refractivity contribution in [1.82, 2.24) is 5.32 Å². The zero-order valence-corrected chi connectivity index (χ0v) is 11.7. The molecule has 0 unspecified atom stereocenters. The van der Waals surface area contributed by atoms with Crippen LogP contribution in [-0.2, 0) is 0 Å². The van der Waals surface area contributed by atoms with Gasteiger partial charge in [-0.15, -0.1) is 0 Å². The van der Waals surface area contributed by atoms with E-state index in [4.69, 9.17) is 5.11 Å². The lowest BCUT2D eigenvalue weighted by molar-refractivity contribution is 0.0697. The van der Waals surface area contributed by atoms with E-state index in [0.717, 1.165) is 18.6 Å². The number of carboxylic acids is 1. The molecule has 0 saturated heterocycles. The van der Waals surface area contributed by atoms with Crippen molar-refractivity contribution in [3.05, 3.63) is 29.6 Å². The van der Waals surface area contributed by atoms with Crippen LogP contribution < -0.4 is 10.6 Å². The Kier molecular flexibility index (Phi) is 5.14. The molecule has 0 bridgehead atoms. The summed E-state index contributed by atoms with van der Waals surface area (Å²) in [6.45, 7) is 0.556. The Morgan fingerprint density at radius 3 is 2.67 bits per heavy atom. The first kappa shape index (κ1) is 15.3. The molecule has 21 heavy (non-hydrogen) atoms. The van der Waals surface area contributed by atoms with Crippen molar-refractivity contribution in [2.75, 3.05) is 11.9 Å². The number of anilines is 1. The van der Waals surface area contributed by atoms with E-state index in [1.54, 1.807) is 0 Å². The van der Waals surface area contributed by atoms with E-state index in [1.165, 1.54) is 31.7 Å². The van der Waals surface area contributed by atoms with Crippen molar-refractivity contribution in [3.63, 3.8) is 0 Å². The second-order valence-electron chi connectivity index (χ2n) is 5.32. The van der Waals surface area contributed by atoms with E-state index >= 15 is 0 Å². The molecular weight excluding hydrogens is 275 g/mol. The van der Waals surface area contributed by atoms with Crippen molar-refractivity contribution in [3.8, 4) is 0 Å². The smallest absolute Gasteiger partial charge is 0.337 e. The van der Waals surface area contributed by atoms with Gasteiger partial charge in [0.1, 0.15) is 5.82 Å². The summed E-state index contributed by atoms with van der Waals surface area (Å²) in [6, 6.07) is 2.77. The lowest BCUT2D eigenvalue weighted by Gasteiger charge is -2.12. The molecule has 1 aromatic carbocycles. The SMILES string of the molecule is O=C(NCCC1CCCC1)Nc1ccc(F)cc1C(=O)O. The lowest BCUT2D eigenvalue weighted by Crippen LogP contribution is -2.31. The highest BCUT2D eigenvalue weighted by atomic mass is 19.1. The molecule has 2 rings (SSSR count). The number of carbonyl (C=O) groups is 2. The second kappa shape index (κ2) is 7.06. The number of urea groups is 1. The number of hydrogen-bond acceptors (Lipinski definition) is 2. The number of halogens is 1. The number of carbonyl (C=O) groups excluding carboxylic acids is 1. The van der Waals surface area contributed by atoms with Gasteiger partial charge in [0.15, 0.2) is 0 Å². The van der Waals surface area contributed by atoms with Crippen LogP contribution in [0.1, 0.15) is 42.5 Å². The minimum absolute atomic E-state index is 0.0854. The van der Waals surface area contributed by atoms with E-state index in [-0.39, 0.29) is 11.3 Å². The van der Waals surface area contributed by atoms with Crippen molar-refractivity contribution in [1.29, 1.82) is 0 Å². The number of hydrogen-bond donors (Lipinski definition) is 3. The molecule has 6 heteroatoms. The van der Waals surface area contributed by atoms with E-state index in [2.05, 4.69) is 10.6 Å². The molecule has 0 heterocycles. The van der Waals surface area contributed by atoms with Gasteiger partial charge in [0.05, 0.1) is 11.3 Å². The normalized spacial score (nSPS) is 14.9. The van der Waals surface area contributed by atoms with Crippen molar-refractivity contribution in [2.24, 2.45) is 5.92 Å². The molecule has 114 valence electrons. The second-order valence-corrected chi connectivity index (χ2v) is 5.32. The first-order chi connectivity index (χ1) is 10.1. The first-order valence-electron chi connectivity index (χ1n) is 7.14. The summed E-state index contributed by atoms with van der Waals surface area (Å²) >= 11 is 0. The van der Waals surface area contributed by atoms with Crippen LogP contribution in [0, 0.1) is 11.7 Å². The van der Waals surface area contributed by atoms with Crippen LogP contribution in [0.5, 0.6) is 0 Å². The third kappa shape index (κ3) is 4.44. The summed E-state index contributed by atoms with van der Waals surface area (Å²) in [5, 5.41) is 14.1. The Labute approximate surface area is 122 Å². The maximum absolute atomic E-state index is 13.0. The van der Waals surface area contributed by atoms with Gasteiger partial charge in [-0.2, -0.15) is 0 Å². The summed E-state index contributed by atoms with van der Waals surface area (Å²) in [4.78, 5) is 22.7. The number of rotatable bonds is 5. The van der Waals surface area contributed by atoms with Crippen LogP contribution in [0.2, 0.25) is 0 Å². The summed E-state index contributed by atoms with van der Waals surface area (Å²) in [5.74, 6) is -1.26. The Hall–Kier alpha value is -2.11. The van der Waals surface area contributed by atoms with Crippen LogP contribution in [0.4, 0.5) is 14.9 Å². The molecule has 1 aliphatic carbocycles. The maximum atomic E-state index is 13.0. The zero-order chi connectivity index (χ0) is 15.2. The van der Waals surface area contributed by atoms with E-state index < -0.39 is 17.8 Å². The van der Waals surface area contributed by atoms with Gasteiger partial charge in [-0.05, 0) is 30.5 Å². The molecule has 1 aliphatic rings. The third-order valence-corrected chi connectivity index (χ3v) is 3.77. The predicted octanol–water partition coefficient (Wildman–Crippen LogP) is 3.23. The molecule has 1 aromatic rings. The van der Waals surface area contributed by atoms with Gasteiger partial charge in [0.25, 0.3) is 0 Å². The van der Waals surface area contributed by atoms with Gasteiger partial charge in [0.2, 0.25) is 0 Å². The summed E-state index contributed by atoms with van der Waals surface area (Å²) in [5.41, 5.74) is -0.178. The monoisotopic (exact) mass is 294 g/mol. The highest BCUT2D eigenvalue weighted by Crippen LogP contribution is 2.26. The number of benzene rings is 1. The average molecular weight is 294 g/mol. The van der Waals surface area contributed by atoms with Crippen LogP contribution in [0.3, 0.4) is 0 Å². The lowest BCUT2D eigenvalue weighted by atomic mass is 10.0. The van der Waals surface area contributed by atoms with Gasteiger partial charge in [-0.3, -0.25) is 0 Å². The quantitative estimate of drug-likeness (QED) is 0.780. The molecule has 5 nitrogen and oxygen atoms in total. The van der Waals surface area contributed by atoms with Crippen molar-refractivity contribution >= 4 is 17.7 Å². The van der Waals surface area contributed by atoms with Crippen LogP contribution in [0.25, 0.3) is 0 Å². The highest BCUT2D eigenvalue weighted by molar-refractivity contribution is 5.99. The number of amides is 2. The topological polar surface area (TPSA) is 78.4 Å². The van der Waals surface area contributed by atoms with E-state index in [1.807, 2.05) is 0 Å². The van der Waals surface area contributed by atoms with E-state index in [9.17, 15) is 14.0 Å². The predicted molar refractivity (Wildman–Crippen MR) is 77.0 cm³/mol. The minimum atomic E-state index is -1.28. The van der Waals surface area contributed by atoms with Gasteiger partial charge in [-0.25, -0.2) is 14.0 Å². The number of carboxylic acid groups (broad SMARTS) is 1. The molecule has 3 N–H and O–H groups in total. The van der Waals surface area contributed by atoms with Crippen molar-refractivity contribution in [2.45, 2.75) is 32.1 Å². The molecule has 0 spiro atoms. The fourth-order valence-electron chi connectivity index (χ4n) is 2.66. The number of nitrogens with one attached hydrogen (secondary N) is 2. The van der Waals surface area contributed by atoms with Crippen LogP contribution in [0.15, 0.2) is 18.2 Å². The molecule has 0 aromatic heterocycles.